The van der Waals surface area contributed by atoms with Crippen LogP contribution in [0.3, 0.4) is 0 Å². The second kappa shape index (κ2) is 30.4. The van der Waals surface area contributed by atoms with E-state index < -0.39 is 6.71 Å². The molecule has 22 rings (SSSR count). The molecule has 7 heteroatoms. The summed E-state index contributed by atoms with van der Waals surface area (Å²) >= 11 is 0. The molecule has 2 aliphatic rings. The number of hydrogen-bond donors (Lipinski definition) is 0. The maximum absolute atomic E-state index is 7.10. The summed E-state index contributed by atoms with van der Waals surface area (Å²) in [5.74, 6) is 0. The molecule has 0 bridgehead atoms. The molecule has 20 aromatic rings. The van der Waals surface area contributed by atoms with E-state index in [1.165, 1.54) is 82.4 Å². The topological polar surface area (TPSA) is 42.6 Å². The van der Waals surface area contributed by atoms with E-state index in [4.69, 9.17) is 8.83 Å². The Balaban J connectivity index is 0.974. The lowest BCUT2D eigenvalue weighted by molar-refractivity contribution is 0.569. The van der Waals surface area contributed by atoms with Crippen molar-refractivity contribution in [3.63, 3.8) is 0 Å². The van der Waals surface area contributed by atoms with Gasteiger partial charge in [-0.3, -0.25) is 0 Å². The van der Waals surface area contributed by atoms with Crippen molar-refractivity contribution in [3.05, 3.63) is 354 Å². The average molecular weight is 1760 g/mol. The predicted molar refractivity (Wildman–Crippen MR) is 580 cm³/mol. The van der Waals surface area contributed by atoms with Gasteiger partial charge in [-0.15, -0.1) is 0 Å². The van der Waals surface area contributed by atoms with Crippen molar-refractivity contribution in [1.29, 1.82) is 0 Å². The average Bonchev–Trinajstić information content (AvgIpc) is 0.898. The molecule has 6 nitrogen and oxygen atoms in total. The Morgan fingerprint density at radius 2 is 0.511 bits per heavy atom. The minimum Gasteiger partial charge on any atom is -0.456 e. The van der Waals surface area contributed by atoms with E-state index in [-0.39, 0.29) is 43.3 Å². The second-order valence-corrected chi connectivity index (χ2v) is 47.0. The molecule has 0 spiro atoms. The van der Waals surface area contributed by atoms with Gasteiger partial charge < -0.3 is 27.8 Å². The Hall–Kier alpha value is -13.6. The van der Waals surface area contributed by atoms with Gasteiger partial charge in [-0.25, -0.2) is 0 Å². The molecule has 670 valence electrons. The van der Waals surface area contributed by atoms with Gasteiger partial charge in [0.2, 0.25) is 0 Å². The van der Waals surface area contributed by atoms with Crippen molar-refractivity contribution in [2.45, 2.75) is 209 Å². The Morgan fingerprint density at radius 3 is 0.852 bits per heavy atom. The Kier molecular flexibility index (Phi) is 19.6. The van der Waals surface area contributed by atoms with Crippen LogP contribution in [0.4, 0.5) is 34.1 Å². The van der Waals surface area contributed by atoms with E-state index in [1.807, 2.05) is 0 Å². The van der Waals surface area contributed by atoms with Gasteiger partial charge in [-0.2, -0.15) is 0 Å². The van der Waals surface area contributed by atoms with Crippen LogP contribution in [0.15, 0.2) is 318 Å². The van der Waals surface area contributed by atoms with E-state index in [0.29, 0.717) is 0 Å². The van der Waals surface area contributed by atoms with Crippen LogP contribution in [0.2, 0.25) is 0 Å². The Labute approximate surface area is 797 Å². The minimum atomic E-state index is -0.392. The Morgan fingerprint density at radius 1 is 0.207 bits per heavy atom. The van der Waals surface area contributed by atoms with Crippen molar-refractivity contribution in [3.8, 4) is 67.0 Å². The summed E-state index contributed by atoms with van der Waals surface area (Å²) in [6.07, 6.45) is 0. The van der Waals surface area contributed by atoms with Gasteiger partial charge in [0.15, 0.2) is 0 Å². The molecule has 0 N–H and O–H groups in total. The van der Waals surface area contributed by atoms with Crippen LogP contribution in [0, 0.1) is 0 Å². The minimum absolute atomic E-state index is 0.112. The first-order valence-corrected chi connectivity index (χ1v) is 48.7. The number of benzene rings is 16. The van der Waals surface area contributed by atoms with Crippen LogP contribution in [-0.4, -0.2) is 15.8 Å². The maximum Gasteiger partial charge on any atom is 0.252 e. The SMILES string of the molecule is CC(C)(C)c1cc(-c2cc3c4c(c2)N(c2c(-c5ccccc5)cc(C(C)(C)C)cc2-c2cccc5oc6ccccc6c25)c2cc(-n5c6ccc(C(C)(C)C)cc6c6cc(C(C)(C)C)ccc65)ccc2B4c2ccc(-n4c5ccc(C(C)(C)C)cc5c5cc(C(C)(C)C)ccc54)cc2N3c2c(-c3ccccc3)cc(C(C)(C)C)cc2-c2cccc3oc4ccccc4c23)cc(C(C)(C)C)c1. The third-order valence-electron chi connectivity index (χ3n) is 29.5. The lowest BCUT2D eigenvalue weighted by Crippen LogP contribution is -2.61. The van der Waals surface area contributed by atoms with Gasteiger partial charge in [0, 0.05) is 99.5 Å². The fourth-order valence-corrected chi connectivity index (χ4v) is 21.7. The van der Waals surface area contributed by atoms with Crippen molar-refractivity contribution < 1.29 is 8.83 Å². The molecule has 0 saturated heterocycles. The molecule has 0 atom stereocenters. The monoisotopic (exact) mass is 1760 g/mol. The van der Waals surface area contributed by atoms with Gasteiger partial charge in [0.05, 0.1) is 33.4 Å². The normalized spacial score (nSPS) is 13.6. The molecule has 0 saturated carbocycles. The standard InChI is InChI=1S/C128H123BN4O2/c1-121(2,3)80-49-57-104-96(66-80)97-67-81(122(4,5)6)50-58-105(97)130(104)88-53-55-102-108(74-88)132(119-94(76-37-27-25-28-38-76)70-86(127(19,20)21)72-100(119)90-43-35-47-114-116(90)92-41-31-33-45-112(92)134-114)110-63-79(78-61-84(125(13,14)15)65-85(62-78)126(16,17)18)64-111-118(110)129(102)103-56-54-89(131-106-59-51-82(123(7,8)9)68-98(106)99-69-83(124(10,11)12)52-60-107(99)131)75-109(103)133(111)120-95(77-39-29-26-30-40-77)71-87(128(22,23)24)73-101(120)91-44-36-48-115-117(91)93-42-32-34-46-113(93)135-115/h25-75H,1-24H3. The summed E-state index contributed by atoms with van der Waals surface area (Å²) in [4.78, 5) is 5.58. The van der Waals surface area contributed by atoms with Crippen molar-refractivity contribution in [2.24, 2.45) is 0 Å². The van der Waals surface area contributed by atoms with E-state index in [1.54, 1.807) is 0 Å². The molecule has 0 radical (unpaired) electrons. The van der Waals surface area contributed by atoms with Crippen LogP contribution in [0.5, 0.6) is 0 Å². The maximum atomic E-state index is 7.10. The fraction of sp³-hybridized carbons (Fsp3) is 0.250. The van der Waals surface area contributed by atoms with Crippen LogP contribution in [0.1, 0.15) is 211 Å². The highest BCUT2D eigenvalue weighted by atomic mass is 16.3. The van der Waals surface area contributed by atoms with Crippen molar-refractivity contribution in [2.75, 3.05) is 9.80 Å². The predicted octanol–water partition coefficient (Wildman–Crippen LogP) is 34.5. The third-order valence-corrected chi connectivity index (χ3v) is 29.5. The molecular weight excluding hydrogens is 1640 g/mol. The number of para-hydroxylation sites is 2. The molecule has 0 fully saturated rings. The van der Waals surface area contributed by atoms with E-state index in [9.17, 15) is 0 Å². The zero-order chi connectivity index (χ0) is 94.3. The molecule has 2 aliphatic heterocycles. The van der Waals surface area contributed by atoms with Gasteiger partial charge in [-0.05, 0) is 271 Å². The molecule has 4 aromatic heterocycles. The zero-order valence-electron chi connectivity index (χ0n) is 83.1. The van der Waals surface area contributed by atoms with Crippen LogP contribution < -0.4 is 26.2 Å². The smallest absolute Gasteiger partial charge is 0.252 e. The van der Waals surface area contributed by atoms with E-state index >= 15 is 0 Å². The summed E-state index contributed by atoms with van der Waals surface area (Å²) in [7, 11) is 0. The molecular formula is C128H123BN4O2. The largest absolute Gasteiger partial charge is 0.456 e. The molecule has 0 amide bonds. The van der Waals surface area contributed by atoms with E-state index in [0.717, 1.165) is 167 Å². The second-order valence-electron chi connectivity index (χ2n) is 47.0. The zero-order valence-corrected chi connectivity index (χ0v) is 83.1. The molecule has 6 heterocycles. The van der Waals surface area contributed by atoms with Gasteiger partial charge >= 0.3 is 0 Å². The third kappa shape index (κ3) is 14.4. The number of aromatic nitrogens is 2. The number of fused-ring (bicyclic) bond motifs is 16. The lowest BCUT2D eigenvalue weighted by atomic mass is 9.33. The number of rotatable bonds is 9. The van der Waals surface area contributed by atoms with Crippen LogP contribution in [0.25, 0.3) is 154 Å². The number of nitrogens with zero attached hydrogens (tertiary/aromatic N) is 4. The highest BCUT2D eigenvalue weighted by Crippen LogP contribution is 2.59. The summed E-state index contributed by atoms with van der Waals surface area (Å²) in [6, 6.07) is 121. The number of hydrogen-bond acceptors (Lipinski definition) is 4. The number of furan rings is 2. The Bertz CT molecular complexity index is 7690. The molecule has 16 aromatic carbocycles. The van der Waals surface area contributed by atoms with Gasteiger partial charge in [0.1, 0.15) is 22.3 Å². The highest BCUT2D eigenvalue weighted by Gasteiger charge is 2.47. The lowest BCUT2D eigenvalue weighted by Gasteiger charge is -2.46. The first-order chi connectivity index (χ1) is 64.0. The summed E-state index contributed by atoms with van der Waals surface area (Å²) in [6.45, 7) is 56.3. The number of anilines is 6. The van der Waals surface area contributed by atoms with E-state index in [2.05, 4.69) is 494 Å². The fourth-order valence-electron chi connectivity index (χ4n) is 21.7. The van der Waals surface area contributed by atoms with Crippen LogP contribution >= 0.6 is 0 Å². The summed E-state index contributed by atoms with van der Waals surface area (Å²) < 4.78 is 19.4. The summed E-state index contributed by atoms with van der Waals surface area (Å²) in [5, 5.41) is 9.24. The van der Waals surface area contributed by atoms with Gasteiger partial charge in [0.25, 0.3) is 6.71 Å². The van der Waals surface area contributed by atoms with Crippen molar-refractivity contribution >= 4 is 145 Å². The molecule has 135 heavy (non-hydrogen) atoms. The highest BCUT2D eigenvalue weighted by molar-refractivity contribution is 7.00. The van der Waals surface area contributed by atoms with Crippen molar-refractivity contribution in [1.82, 2.24) is 9.13 Å². The first kappa shape index (κ1) is 86.8. The summed E-state index contributed by atoms with van der Waals surface area (Å²) in [5.41, 5.74) is 39.8. The first-order valence-electron chi connectivity index (χ1n) is 48.7. The quantitative estimate of drug-likeness (QED) is 0.135. The molecule has 0 unspecified atom stereocenters. The molecule has 0 aliphatic carbocycles. The van der Waals surface area contributed by atoms with Gasteiger partial charge in [-0.1, -0.05) is 342 Å². The van der Waals surface area contributed by atoms with Crippen LogP contribution in [-0.2, 0) is 43.3 Å².